The van der Waals surface area contributed by atoms with Crippen LogP contribution in [0.1, 0.15) is 129 Å². The van der Waals surface area contributed by atoms with Gasteiger partial charge in [0, 0.05) is 85.2 Å². The van der Waals surface area contributed by atoms with Crippen LogP contribution in [0.15, 0.2) is 146 Å². The Morgan fingerprint density at radius 3 is 1.37 bits per heavy atom. The van der Waals surface area contributed by atoms with Crippen LogP contribution in [0, 0.1) is 36.3 Å². The summed E-state index contributed by atoms with van der Waals surface area (Å²) in [6, 6.07) is 15.5. The monoisotopic (exact) mass is 1360 g/mol. The van der Waals surface area contributed by atoms with Crippen molar-refractivity contribution in [3.8, 4) is 34.1 Å². The fraction of sp³-hybridized carbons (Fsp3) is 0.362. The zero-order valence-corrected chi connectivity index (χ0v) is 52.0. The Morgan fingerprint density at radius 1 is 0.469 bits per heavy atom. The van der Waals surface area contributed by atoms with E-state index in [2.05, 4.69) is 54.8 Å². The summed E-state index contributed by atoms with van der Waals surface area (Å²) >= 11 is 0. The molecule has 0 spiro atoms. The molecule has 6 aliphatic rings. The lowest BCUT2D eigenvalue weighted by Gasteiger charge is -2.25. The predicted octanol–water partition coefficient (Wildman–Crippen LogP) is 13.3. The lowest BCUT2D eigenvalue weighted by atomic mass is 9.86. The molecule has 6 saturated heterocycles. The molecule has 98 heavy (non-hydrogen) atoms. The molecule has 9 aromatic rings. The van der Waals surface area contributed by atoms with Crippen LogP contribution < -0.4 is 0 Å². The van der Waals surface area contributed by atoms with Gasteiger partial charge in [-0.15, -0.1) is 0 Å². The van der Waals surface area contributed by atoms with Gasteiger partial charge in [0.1, 0.15) is 17.9 Å². The van der Waals surface area contributed by atoms with Gasteiger partial charge >= 0.3 is 18.5 Å². The van der Waals surface area contributed by atoms with Gasteiger partial charge in [0.25, 0.3) is 17.7 Å². The number of aryl methyl sites for hydroxylation is 1. The third-order valence-electron chi connectivity index (χ3n) is 19.3. The molecule has 0 saturated carbocycles. The summed E-state index contributed by atoms with van der Waals surface area (Å²) < 4.78 is 149. The maximum absolute atomic E-state index is 14.7. The number of rotatable bonds is 12. The Balaban J connectivity index is 0.000000132. The van der Waals surface area contributed by atoms with Gasteiger partial charge in [-0.2, -0.15) is 39.5 Å². The third-order valence-corrected chi connectivity index (χ3v) is 19.3. The first-order valence-corrected chi connectivity index (χ1v) is 31.7. The molecule has 3 aromatic carbocycles. The summed E-state index contributed by atoms with van der Waals surface area (Å²) in [4.78, 5) is 89.4. The van der Waals surface area contributed by atoms with E-state index < -0.39 is 47.2 Å². The average molecular weight is 1360 g/mol. The largest absolute Gasteiger partial charge is 0.444 e. The molecule has 0 radical (unpaired) electrons. The SMILES string of the molecule is Cc1cccc(C(=O)N2C3CCC2C(Cc2cnc(C(F)(F)F)cn2)C3)c1-c1ncco1.O=C(c1ccc(F)cc1-c1ncccn1)N1C2CCC1C(Cc1cnc(C(F)(F)F)cn1)C2.O=C(c1cccc(F)c1-c1cnccn1)N1C2CCC1C(Cc1cnc(C(F)(F)F)cn1)C2. The van der Waals surface area contributed by atoms with Crippen LogP contribution >= 0.6 is 0 Å². The normalized spacial score (nSPS) is 22.2. The van der Waals surface area contributed by atoms with Crippen LogP contribution in [0.5, 0.6) is 0 Å². The van der Waals surface area contributed by atoms with E-state index in [1.54, 1.807) is 29.3 Å². The van der Waals surface area contributed by atoms with Crippen molar-refractivity contribution in [3.05, 3.63) is 209 Å². The zero-order chi connectivity index (χ0) is 68.8. The molecule has 6 aliphatic heterocycles. The fourth-order valence-electron chi connectivity index (χ4n) is 15.2. The number of amides is 3. The van der Waals surface area contributed by atoms with Crippen LogP contribution in [-0.2, 0) is 37.8 Å². The number of nitrogens with zero attached hydrogens (tertiary/aromatic N) is 14. The summed E-state index contributed by atoms with van der Waals surface area (Å²) in [7, 11) is 0. The van der Waals surface area contributed by atoms with Gasteiger partial charge in [-0.05, 0) is 150 Å². The zero-order valence-electron chi connectivity index (χ0n) is 52.0. The van der Waals surface area contributed by atoms with Gasteiger partial charge in [-0.1, -0.05) is 18.2 Å². The first-order chi connectivity index (χ1) is 47.0. The van der Waals surface area contributed by atoms with Gasteiger partial charge < -0.3 is 19.1 Å². The Kier molecular flexibility index (Phi) is 18.4. The van der Waals surface area contributed by atoms with Gasteiger partial charge in [0.2, 0.25) is 5.89 Å². The van der Waals surface area contributed by atoms with Crippen LogP contribution in [0.3, 0.4) is 0 Å². The third kappa shape index (κ3) is 13.7. The van der Waals surface area contributed by atoms with Crippen molar-refractivity contribution in [3.63, 3.8) is 0 Å². The average Bonchev–Trinajstić information content (AvgIpc) is 1.61. The Bertz CT molecular complexity index is 4350. The first kappa shape index (κ1) is 66.5. The van der Waals surface area contributed by atoms with E-state index in [4.69, 9.17) is 4.42 Å². The Morgan fingerprint density at radius 2 is 0.939 bits per heavy atom. The van der Waals surface area contributed by atoms with E-state index in [1.807, 2.05) is 28.9 Å². The van der Waals surface area contributed by atoms with E-state index in [1.165, 1.54) is 73.8 Å². The minimum atomic E-state index is -4.53. The number of aromatic nitrogens is 11. The van der Waals surface area contributed by atoms with Crippen LogP contribution in [0.4, 0.5) is 48.3 Å². The smallest absolute Gasteiger partial charge is 0.434 e. The second kappa shape index (κ2) is 27.1. The Hall–Kier alpha value is -10.1. The molecule has 3 amide bonds. The molecule has 6 aromatic heterocycles. The lowest BCUT2D eigenvalue weighted by Crippen LogP contribution is -2.37. The van der Waals surface area contributed by atoms with E-state index in [9.17, 15) is 62.7 Å². The topological polar surface area (TPSA) is 216 Å². The molecule has 0 aliphatic carbocycles. The maximum Gasteiger partial charge on any atom is 0.434 e. The highest BCUT2D eigenvalue weighted by molar-refractivity contribution is 6.03. The summed E-state index contributed by atoms with van der Waals surface area (Å²) in [6.07, 6.45) is 11.3. The van der Waals surface area contributed by atoms with E-state index in [0.29, 0.717) is 64.5 Å². The number of oxazole rings is 1. The van der Waals surface area contributed by atoms with Crippen molar-refractivity contribution in [2.75, 3.05) is 0 Å². The van der Waals surface area contributed by atoms with Crippen molar-refractivity contribution in [1.29, 1.82) is 0 Å². The molecular formula is C69H59F11N14O4. The van der Waals surface area contributed by atoms with E-state index >= 15 is 0 Å². The highest BCUT2D eigenvalue weighted by Gasteiger charge is 2.52. The second-order valence-corrected chi connectivity index (χ2v) is 25.2. The number of hydrogen-bond donors (Lipinski definition) is 0. The molecule has 9 atom stereocenters. The van der Waals surface area contributed by atoms with Crippen molar-refractivity contribution in [1.82, 2.24) is 69.5 Å². The predicted molar refractivity (Wildman–Crippen MR) is 327 cm³/mol. The number of carbonyl (C=O) groups is 3. The second-order valence-electron chi connectivity index (χ2n) is 25.2. The van der Waals surface area contributed by atoms with E-state index in [-0.39, 0.29) is 94.4 Å². The highest BCUT2D eigenvalue weighted by atomic mass is 19.4. The van der Waals surface area contributed by atoms with Crippen LogP contribution in [0.25, 0.3) is 34.1 Å². The number of halogens is 11. The number of fused-ring (bicyclic) bond motifs is 6. The lowest BCUT2D eigenvalue weighted by molar-refractivity contribution is -0.142. The summed E-state index contributed by atoms with van der Waals surface area (Å²) in [6.45, 7) is 1.92. The van der Waals surface area contributed by atoms with Crippen molar-refractivity contribution in [2.45, 2.75) is 139 Å². The van der Waals surface area contributed by atoms with Crippen LogP contribution in [0.2, 0.25) is 0 Å². The molecule has 6 fully saturated rings. The molecule has 29 heteroatoms. The molecular weight excluding hydrogens is 1300 g/mol. The first-order valence-electron chi connectivity index (χ1n) is 31.7. The van der Waals surface area contributed by atoms with Crippen molar-refractivity contribution in [2.24, 2.45) is 17.8 Å². The number of alkyl halides is 9. The number of hydrogen-bond acceptors (Lipinski definition) is 15. The molecule has 6 bridgehead atoms. The molecule has 506 valence electrons. The summed E-state index contributed by atoms with van der Waals surface area (Å²) in [5.41, 5.74) is 1.82. The summed E-state index contributed by atoms with van der Waals surface area (Å²) in [5.74, 6) is -0.661. The van der Waals surface area contributed by atoms with Gasteiger partial charge in [-0.25, -0.2) is 38.7 Å². The molecule has 18 nitrogen and oxygen atoms in total. The summed E-state index contributed by atoms with van der Waals surface area (Å²) in [5, 5.41) is 0. The van der Waals surface area contributed by atoms with Crippen molar-refractivity contribution < 1.29 is 67.1 Å². The molecule has 15 rings (SSSR count). The Labute approximate surface area is 552 Å². The molecule has 9 unspecified atom stereocenters. The number of carbonyl (C=O) groups excluding carboxylic acids is 3. The molecule has 0 N–H and O–H groups in total. The van der Waals surface area contributed by atoms with Gasteiger partial charge in [0.15, 0.2) is 22.9 Å². The minimum absolute atomic E-state index is 0.00659. The minimum Gasteiger partial charge on any atom is -0.444 e. The number of benzene rings is 3. The highest BCUT2D eigenvalue weighted by Crippen LogP contribution is 2.48. The van der Waals surface area contributed by atoms with Gasteiger partial charge in [0.05, 0.1) is 81.6 Å². The van der Waals surface area contributed by atoms with Crippen molar-refractivity contribution >= 4 is 17.7 Å². The fourth-order valence-corrected chi connectivity index (χ4v) is 15.2. The quantitative estimate of drug-likeness (QED) is 0.104. The molecule has 12 heterocycles. The van der Waals surface area contributed by atoms with E-state index in [0.717, 1.165) is 94.3 Å². The maximum atomic E-state index is 14.7. The standard InChI is InChI=1S/2C23H19F4N5O.C23H21F3N4O2/c24-14-2-4-17(18(10-14)21-28-6-1-7-29-21)22(33)32-16-3-5-19(32)13(9-16)8-15-11-31-20(12-30-15)23(25,26)27;24-17-3-1-2-16(21(17)18-11-28-6-7-29-18)22(33)32-15-4-5-19(32)13(9-15)8-14-10-31-20(12-30-14)23(25,26)27;1-13-3-2-4-17(20(13)21-27-7-8-32-21)22(31)30-16-5-6-18(30)14(10-16)9-15-11-29-19(12-28-15)23(24,25)26/h1-2,4,6-7,10-13,16,19H,3,5,8-9H2;1-3,6-7,10-13,15,19H,4-5,8-9H2;2-4,7-8,11-12,14,16,18H,5-6,9-10H2,1H3. The van der Waals surface area contributed by atoms with Gasteiger partial charge in [-0.3, -0.25) is 39.3 Å². The van der Waals surface area contributed by atoms with Crippen LogP contribution in [-0.4, -0.2) is 123 Å².